The molecular weight excluding hydrogens is 248 g/mol. The van der Waals surface area contributed by atoms with E-state index in [2.05, 4.69) is 35.2 Å². The quantitative estimate of drug-likeness (QED) is 0.823. The average molecular weight is 274 g/mol. The van der Waals surface area contributed by atoms with E-state index in [-0.39, 0.29) is 5.92 Å². The fourth-order valence-electron chi connectivity index (χ4n) is 2.92. The third kappa shape index (κ3) is 4.34. The van der Waals surface area contributed by atoms with Crippen LogP contribution in [0.3, 0.4) is 0 Å². The normalized spacial score (nSPS) is 17.1. The number of amides is 1. The number of nitrogens with zero attached hydrogens (tertiary/aromatic N) is 2. The van der Waals surface area contributed by atoms with Crippen LogP contribution >= 0.6 is 0 Å². The molecule has 0 spiro atoms. The maximum atomic E-state index is 11.9. The lowest BCUT2D eigenvalue weighted by molar-refractivity contribution is -0.134. The standard InChI is InChI=1S/C17H26N2O/c1-18(2)17(20)16-10-13-19(14-11-16)12-6-9-15-7-4-3-5-8-15/h3-5,7-8,16H,6,9-14H2,1-2H3. The highest BCUT2D eigenvalue weighted by Gasteiger charge is 2.25. The second-order valence-corrected chi connectivity index (χ2v) is 5.94. The van der Waals surface area contributed by atoms with Crippen molar-refractivity contribution in [2.75, 3.05) is 33.7 Å². The number of likely N-dealkylation sites (tertiary alicyclic amines) is 1. The molecule has 1 saturated heterocycles. The van der Waals surface area contributed by atoms with E-state index in [4.69, 9.17) is 0 Å². The van der Waals surface area contributed by atoms with Gasteiger partial charge in [-0.25, -0.2) is 0 Å². The first kappa shape index (κ1) is 15.0. The molecule has 1 fully saturated rings. The van der Waals surface area contributed by atoms with Crippen LogP contribution in [0.5, 0.6) is 0 Å². The number of benzene rings is 1. The van der Waals surface area contributed by atoms with Gasteiger partial charge in [-0.1, -0.05) is 30.3 Å². The van der Waals surface area contributed by atoms with Crippen molar-refractivity contribution in [3.63, 3.8) is 0 Å². The van der Waals surface area contributed by atoms with Crippen LogP contribution in [0, 0.1) is 5.92 Å². The molecule has 0 N–H and O–H groups in total. The molecule has 0 saturated carbocycles. The summed E-state index contributed by atoms with van der Waals surface area (Å²) in [6.07, 6.45) is 4.39. The molecule has 1 aromatic rings. The highest BCUT2D eigenvalue weighted by Crippen LogP contribution is 2.19. The zero-order valence-corrected chi connectivity index (χ0v) is 12.7. The van der Waals surface area contributed by atoms with E-state index in [9.17, 15) is 4.79 Å². The van der Waals surface area contributed by atoms with Crippen LogP contribution in [-0.4, -0.2) is 49.4 Å². The summed E-state index contributed by atoms with van der Waals surface area (Å²) >= 11 is 0. The lowest BCUT2D eigenvalue weighted by atomic mass is 9.95. The molecule has 0 radical (unpaired) electrons. The van der Waals surface area contributed by atoms with Gasteiger partial charge < -0.3 is 9.80 Å². The molecule has 1 aromatic carbocycles. The first-order chi connectivity index (χ1) is 9.66. The number of aryl methyl sites for hydroxylation is 1. The molecule has 3 heteroatoms. The molecule has 1 aliphatic rings. The van der Waals surface area contributed by atoms with Crippen molar-refractivity contribution in [1.82, 2.24) is 9.80 Å². The Morgan fingerprint density at radius 2 is 1.85 bits per heavy atom. The van der Waals surface area contributed by atoms with Gasteiger partial charge in [0.05, 0.1) is 0 Å². The van der Waals surface area contributed by atoms with Crippen molar-refractivity contribution >= 4 is 5.91 Å². The summed E-state index contributed by atoms with van der Waals surface area (Å²) < 4.78 is 0. The zero-order chi connectivity index (χ0) is 14.4. The van der Waals surface area contributed by atoms with Gasteiger partial charge in [-0.3, -0.25) is 4.79 Å². The fourth-order valence-corrected chi connectivity index (χ4v) is 2.92. The summed E-state index contributed by atoms with van der Waals surface area (Å²) in [5, 5.41) is 0. The van der Waals surface area contributed by atoms with Gasteiger partial charge in [0, 0.05) is 20.0 Å². The second kappa shape index (κ2) is 7.44. The first-order valence-corrected chi connectivity index (χ1v) is 7.64. The minimum Gasteiger partial charge on any atom is -0.349 e. The molecule has 2 rings (SSSR count). The minimum atomic E-state index is 0.246. The van der Waals surface area contributed by atoms with E-state index in [0.29, 0.717) is 5.91 Å². The van der Waals surface area contributed by atoms with Crippen molar-refractivity contribution in [3.8, 4) is 0 Å². The molecular formula is C17H26N2O. The molecule has 0 bridgehead atoms. The average Bonchev–Trinajstić information content (AvgIpc) is 2.48. The molecule has 20 heavy (non-hydrogen) atoms. The Balaban J connectivity index is 1.66. The number of hydrogen-bond donors (Lipinski definition) is 0. The van der Waals surface area contributed by atoms with E-state index in [0.717, 1.165) is 38.9 Å². The first-order valence-electron chi connectivity index (χ1n) is 7.64. The summed E-state index contributed by atoms with van der Waals surface area (Å²) in [6.45, 7) is 3.29. The van der Waals surface area contributed by atoms with Gasteiger partial charge in [-0.2, -0.15) is 0 Å². The van der Waals surface area contributed by atoms with Gasteiger partial charge in [0.1, 0.15) is 0 Å². The third-order valence-electron chi connectivity index (χ3n) is 4.16. The Bertz CT molecular complexity index is 408. The summed E-state index contributed by atoms with van der Waals surface area (Å²) in [4.78, 5) is 16.1. The number of rotatable bonds is 5. The SMILES string of the molecule is CN(C)C(=O)C1CCN(CCCc2ccccc2)CC1. The van der Waals surface area contributed by atoms with Crippen LogP contribution in [0.15, 0.2) is 30.3 Å². The van der Waals surface area contributed by atoms with Gasteiger partial charge >= 0.3 is 0 Å². The van der Waals surface area contributed by atoms with E-state index in [1.54, 1.807) is 4.90 Å². The van der Waals surface area contributed by atoms with Crippen LogP contribution in [0.25, 0.3) is 0 Å². The summed E-state index contributed by atoms with van der Waals surface area (Å²) in [7, 11) is 3.71. The van der Waals surface area contributed by atoms with Crippen LogP contribution in [-0.2, 0) is 11.2 Å². The molecule has 1 heterocycles. The molecule has 3 nitrogen and oxygen atoms in total. The van der Waals surface area contributed by atoms with Gasteiger partial charge in [-0.15, -0.1) is 0 Å². The predicted octanol–water partition coefficient (Wildman–Crippen LogP) is 2.42. The molecule has 0 aromatic heterocycles. The number of piperidine rings is 1. The molecule has 110 valence electrons. The van der Waals surface area contributed by atoms with Gasteiger partial charge in [0.25, 0.3) is 0 Å². The Kier molecular flexibility index (Phi) is 5.60. The van der Waals surface area contributed by atoms with Gasteiger partial charge in [-0.05, 0) is 50.9 Å². The zero-order valence-electron chi connectivity index (χ0n) is 12.7. The fraction of sp³-hybridized carbons (Fsp3) is 0.588. The molecule has 1 aliphatic heterocycles. The summed E-state index contributed by atoms with van der Waals surface area (Å²) in [5.74, 6) is 0.546. The van der Waals surface area contributed by atoms with Crippen molar-refractivity contribution in [1.29, 1.82) is 0 Å². The summed E-state index contributed by atoms with van der Waals surface area (Å²) in [6, 6.07) is 10.7. The lowest BCUT2D eigenvalue weighted by Crippen LogP contribution is -2.40. The van der Waals surface area contributed by atoms with E-state index < -0.39 is 0 Å². The monoisotopic (exact) mass is 274 g/mol. The maximum Gasteiger partial charge on any atom is 0.225 e. The molecule has 0 aliphatic carbocycles. The minimum absolute atomic E-state index is 0.246. The van der Waals surface area contributed by atoms with Crippen LogP contribution in [0.4, 0.5) is 0 Å². The smallest absolute Gasteiger partial charge is 0.225 e. The van der Waals surface area contributed by atoms with Crippen molar-refractivity contribution in [3.05, 3.63) is 35.9 Å². The number of carbonyl (C=O) groups excluding carboxylic acids is 1. The topological polar surface area (TPSA) is 23.6 Å². The van der Waals surface area contributed by atoms with E-state index >= 15 is 0 Å². The van der Waals surface area contributed by atoms with Crippen LogP contribution in [0.2, 0.25) is 0 Å². The molecule has 1 amide bonds. The third-order valence-corrected chi connectivity index (χ3v) is 4.16. The highest BCUT2D eigenvalue weighted by atomic mass is 16.2. The van der Waals surface area contributed by atoms with Crippen molar-refractivity contribution < 1.29 is 4.79 Å². The second-order valence-electron chi connectivity index (χ2n) is 5.94. The lowest BCUT2D eigenvalue weighted by Gasteiger charge is -2.32. The highest BCUT2D eigenvalue weighted by molar-refractivity contribution is 5.78. The van der Waals surface area contributed by atoms with Gasteiger partial charge in [0.2, 0.25) is 5.91 Å². The largest absolute Gasteiger partial charge is 0.349 e. The van der Waals surface area contributed by atoms with Crippen molar-refractivity contribution in [2.45, 2.75) is 25.7 Å². The Hall–Kier alpha value is -1.35. The Morgan fingerprint density at radius 1 is 1.20 bits per heavy atom. The van der Waals surface area contributed by atoms with Crippen LogP contribution < -0.4 is 0 Å². The predicted molar refractivity (Wildman–Crippen MR) is 82.6 cm³/mol. The maximum absolute atomic E-state index is 11.9. The van der Waals surface area contributed by atoms with Crippen LogP contribution in [0.1, 0.15) is 24.8 Å². The van der Waals surface area contributed by atoms with E-state index in [1.807, 2.05) is 14.1 Å². The van der Waals surface area contributed by atoms with Gasteiger partial charge in [0.15, 0.2) is 0 Å². The Morgan fingerprint density at radius 3 is 2.45 bits per heavy atom. The molecule has 0 unspecified atom stereocenters. The summed E-state index contributed by atoms with van der Waals surface area (Å²) in [5.41, 5.74) is 1.42. The number of carbonyl (C=O) groups is 1. The Labute approximate surface area is 122 Å². The van der Waals surface area contributed by atoms with Crippen molar-refractivity contribution in [2.24, 2.45) is 5.92 Å². The number of hydrogen-bond acceptors (Lipinski definition) is 2. The molecule has 0 atom stereocenters. The van der Waals surface area contributed by atoms with E-state index in [1.165, 1.54) is 12.0 Å².